The van der Waals surface area contributed by atoms with Gasteiger partial charge in [-0.1, -0.05) is 62.6 Å². The molecule has 0 fully saturated rings. The first kappa shape index (κ1) is 29.5. The Morgan fingerprint density at radius 2 is 1.32 bits per heavy atom. The van der Waals surface area contributed by atoms with Gasteiger partial charge >= 0.3 is 5.97 Å². The van der Waals surface area contributed by atoms with Gasteiger partial charge in [0.05, 0.1) is 6.61 Å². The number of rotatable bonds is 19. The molecule has 0 saturated heterocycles. The zero-order chi connectivity index (χ0) is 23.3. The molecular formula is C24H42O7. The molecule has 0 rings (SSSR count). The van der Waals surface area contributed by atoms with Crippen LogP contribution in [0.25, 0.3) is 0 Å². The lowest BCUT2D eigenvalue weighted by molar-refractivity contribution is -0.156. The van der Waals surface area contributed by atoms with Crippen molar-refractivity contribution < 1.29 is 35.1 Å². The lowest BCUT2D eigenvalue weighted by Gasteiger charge is -2.25. The highest BCUT2D eigenvalue weighted by Gasteiger charge is 2.30. The number of carbonyl (C=O) groups is 1. The van der Waals surface area contributed by atoms with Crippen molar-refractivity contribution in [3.8, 4) is 0 Å². The number of aliphatic hydroxyl groups is 5. The molecule has 0 aliphatic rings. The number of hydrogen-bond donors (Lipinski definition) is 5. The second-order valence-corrected chi connectivity index (χ2v) is 7.58. The zero-order valence-corrected chi connectivity index (χ0v) is 18.8. The van der Waals surface area contributed by atoms with E-state index < -0.39 is 43.6 Å². The standard InChI is InChI=1S/C24H42O7/c1-2-3-4-5-6-7-8-9-10-11-12-13-14-15-16-17-22(28)31-19-21(27)24(30)23(29)20(26)18-25/h3-4,6-7,9-10,20-21,23-27,29-30H,2,5,8,11-19H2,1H3/t20-,21+,23+,24+/m0/s1. The molecule has 0 amide bonds. The molecule has 0 heterocycles. The maximum absolute atomic E-state index is 11.7. The number of unbranched alkanes of at least 4 members (excludes halogenated alkanes) is 5. The highest BCUT2D eigenvalue weighted by Crippen LogP contribution is 2.10. The maximum Gasteiger partial charge on any atom is 0.305 e. The van der Waals surface area contributed by atoms with E-state index in [1.165, 1.54) is 0 Å². The van der Waals surface area contributed by atoms with E-state index in [0.29, 0.717) is 6.42 Å². The van der Waals surface area contributed by atoms with E-state index in [9.17, 15) is 25.2 Å². The topological polar surface area (TPSA) is 127 Å². The molecule has 0 aromatic rings. The summed E-state index contributed by atoms with van der Waals surface area (Å²) in [6, 6.07) is 0. The molecular weight excluding hydrogens is 400 g/mol. The van der Waals surface area contributed by atoms with Crippen LogP contribution in [-0.2, 0) is 9.53 Å². The second kappa shape index (κ2) is 20.4. The Morgan fingerprint density at radius 3 is 1.97 bits per heavy atom. The van der Waals surface area contributed by atoms with Gasteiger partial charge < -0.3 is 30.3 Å². The minimum absolute atomic E-state index is 0.227. The molecule has 0 aliphatic carbocycles. The Morgan fingerprint density at radius 1 is 0.774 bits per heavy atom. The van der Waals surface area contributed by atoms with Crippen LogP contribution in [0.15, 0.2) is 36.5 Å². The average molecular weight is 443 g/mol. The summed E-state index contributed by atoms with van der Waals surface area (Å²) in [6.07, 6.45) is 15.7. The number of aliphatic hydroxyl groups excluding tert-OH is 5. The summed E-state index contributed by atoms with van der Waals surface area (Å²) in [6.45, 7) is 0.893. The number of allylic oxidation sites excluding steroid dienone is 6. The van der Waals surface area contributed by atoms with Crippen LogP contribution in [0.2, 0.25) is 0 Å². The summed E-state index contributed by atoms with van der Waals surface area (Å²) in [5.74, 6) is -0.482. The third-order valence-corrected chi connectivity index (χ3v) is 4.77. The van der Waals surface area contributed by atoms with Crippen molar-refractivity contribution in [2.24, 2.45) is 0 Å². The Balaban J connectivity index is 3.63. The largest absolute Gasteiger partial charge is 0.463 e. The summed E-state index contributed by atoms with van der Waals surface area (Å²) in [7, 11) is 0. The van der Waals surface area contributed by atoms with Crippen molar-refractivity contribution >= 4 is 5.97 Å². The smallest absolute Gasteiger partial charge is 0.305 e. The van der Waals surface area contributed by atoms with Crippen LogP contribution in [0.5, 0.6) is 0 Å². The summed E-state index contributed by atoms with van der Waals surface area (Å²) in [4.78, 5) is 11.7. The number of esters is 1. The molecule has 180 valence electrons. The Labute approximate surface area is 186 Å². The molecule has 0 unspecified atom stereocenters. The molecule has 0 aromatic heterocycles. The van der Waals surface area contributed by atoms with Gasteiger partial charge in [0.2, 0.25) is 0 Å². The van der Waals surface area contributed by atoms with Gasteiger partial charge in [0, 0.05) is 6.42 Å². The second-order valence-electron chi connectivity index (χ2n) is 7.58. The third-order valence-electron chi connectivity index (χ3n) is 4.77. The predicted molar refractivity (Wildman–Crippen MR) is 121 cm³/mol. The van der Waals surface area contributed by atoms with Crippen molar-refractivity contribution in [1.29, 1.82) is 0 Å². The maximum atomic E-state index is 11.7. The Bertz CT molecular complexity index is 516. The van der Waals surface area contributed by atoms with E-state index >= 15 is 0 Å². The molecule has 7 heteroatoms. The Kier molecular flexibility index (Phi) is 19.4. The van der Waals surface area contributed by atoms with Crippen molar-refractivity contribution in [2.75, 3.05) is 13.2 Å². The molecule has 0 aliphatic heterocycles. The van der Waals surface area contributed by atoms with Crippen molar-refractivity contribution in [3.63, 3.8) is 0 Å². The van der Waals surface area contributed by atoms with Crippen molar-refractivity contribution in [2.45, 2.75) is 95.5 Å². The first-order chi connectivity index (χ1) is 14.9. The zero-order valence-electron chi connectivity index (χ0n) is 18.8. The van der Waals surface area contributed by atoms with E-state index in [1.807, 2.05) is 0 Å². The molecule has 31 heavy (non-hydrogen) atoms. The average Bonchev–Trinajstić information content (AvgIpc) is 2.78. The van der Waals surface area contributed by atoms with Gasteiger partial charge in [-0.3, -0.25) is 4.79 Å². The van der Waals surface area contributed by atoms with Gasteiger partial charge in [0.1, 0.15) is 31.0 Å². The minimum atomic E-state index is -1.72. The normalized spacial score (nSPS) is 16.2. The summed E-state index contributed by atoms with van der Waals surface area (Å²) < 4.78 is 4.89. The fraction of sp³-hybridized carbons (Fsp3) is 0.708. The predicted octanol–water partition coefficient (Wildman–Crippen LogP) is 2.56. The number of hydrogen-bond acceptors (Lipinski definition) is 7. The van der Waals surface area contributed by atoms with E-state index in [1.54, 1.807) is 0 Å². The summed E-state index contributed by atoms with van der Waals surface area (Å²) in [5, 5.41) is 46.8. The van der Waals surface area contributed by atoms with E-state index in [0.717, 1.165) is 51.4 Å². The molecule has 0 aromatic carbocycles. The van der Waals surface area contributed by atoms with Crippen LogP contribution in [-0.4, -0.2) is 69.1 Å². The minimum Gasteiger partial charge on any atom is -0.463 e. The van der Waals surface area contributed by atoms with Gasteiger partial charge in [-0.15, -0.1) is 0 Å². The molecule has 0 saturated carbocycles. The molecule has 7 nitrogen and oxygen atoms in total. The van der Waals surface area contributed by atoms with Gasteiger partial charge in [0.25, 0.3) is 0 Å². The summed E-state index contributed by atoms with van der Waals surface area (Å²) >= 11 is 0. The molecule has 0 radical (unpaired) electrons. The SMILES string of the molecule is CCC=CCC=CCC=CCCCCCCCC(=O)OC[C@@H](O)[C@@H](O)[C@H](O)[C@@H](O)CO. The van der Waals surface area contributed by atoms with Crippen LogP contribution in [0.1, 0.15) is 71.1 Å². The molecule has 0 bridgehead atoms. The van der Waals surface area contributed by atoms with E-state index in [-0.39, 0.29) is 6.42 Å². The van der Waals surface area contributed by atoms with E-state index in [4.69, 9.17) is 9.84 Å². The van der Waals surface area contributed by atoms with Gasteiger partial charge in [0.15, 0.2) is 0 Å². The van der Waals surface area contributed by atoms with E-state index in [2.05, 4.69) is 43.4 Å². The monoisotopic (exact) mass is 442 g/mol. The fourth-order valence-electron chi connectivity index (χ4n) is 2.80. The Hall–Kier alpha value is -1.51. The highest BCUT2D eigenvalue weighted by molar-refractivity contribution is 5.69. The molecule has 0 spiro atoms. The van der Waals surface area contributed by atoms with Gasteiger partial charge in [-0.25, -0.2) is 0 Å². The lowest BCUT2D eigenvalue weighted by Crippen LogP contribution is -2.47. The first-order valence-electron chi connectivity index (χ1n) is 11.4. The van der Waals surface area contributed by atoms with Gasteiger partial charge in [-0.05, 0) is 38.5 Å². The van der Waals surface area contributed by atoms with Crippen molar-refractivity contribution in [3.05, 3.63) is 36.5 Å². The van der Waals surface area contributed by atoms with Crippen LogP contribution >= 0.6 is 0 Å². The highest BCUT2D eigenvalue weighted by atomic mass is 16.5. The van der Waals surface area contributed by atoms with Crippen LogP contribution in [0.4, 0.5) is 0 Å². The molecule has 4 atom stereocenters. The number of carbonyl (C=O) groups excluding carboxylic acids is 1. The summed E-state index contributed by atoms with van der Waals surface area (Å²) in [5.41, 5.74) is 0. The van der Waals surface area contributed by atoms with Gasteiger partial charge in [-0.2, -0.15) is 0 Å². The van der Waals surface area contributed by atoms with Crippen LogP contribution < -0.4 is 0 Å². The lowest BCUT2D eigenvalue weighted by atomic mass is 10.0. The van der Waals surface area contributed by atoms with Crippen LogP contribution in [0, 0.1) is 0 Å². The third kappa shape index (κ3) is 16.8. The quantitative estimate of drug-likeness (QED) is 0.118. The molecule has 5 N–H and O–H groups in total. The van der Waals surface area contributed by atoms with Crippen LogP contribution in [0.3, 0.4) is 0 Å². The fourth-order valence-corrected chi connectivity index (χ4v) is 2.80. The number of ether oxygens (including phenoxy) is 1. The first-order valence-corrected chi connectivity index (χ1v) is 11.4. The van der Waals surface area contributed by atoms with Crippen molar-refractivity contribution in [1.82, 2.24) is 0 Å².